The van der Waals surface area contributed by atoms with Gasteiger partial charge in [0.25, 0.3) is 0 Å². The van der Waals surface area contributed by atoms with E-state index in [9.17, 15) is 31.1 Å². The maximum atomic E-state index is 13.1. The lowest BCUT2D eigenvalue weighted by Crippen LogP contribution is -2.19. The third kappa shape index (κ3) is 4.52. The van der Waals surface area contributed by atoms with Crippen LogP contribution in [-0.4, -0.2) is 5.78 Å². The summed E-state index contributed by atoms with van der Waals surface area (Å²) >= 11 is 0. The van der Waals surface area contributed by atoms with Crippen molar-refractivity contribution < 1.29 is 35.9 Å². The van der Waals surface area contributed by atoms with Crippen LogP contribution < -0.4 is 4.74 Å². The van der Waals surface area contributed by atoms with Crippen molar-refractivity contribution in [3.8, 4) is 5.75 Å². The molecular weight excluding hydrogens is 350 g/mol. The van der Waals surface area contributed by atoms with Crippen LogP contribution in [0.2, 0.25) is 0 Å². The molecule has 0 amide bonds. The topological polar surface area (TPSA) is 26.3 Å². The molecule has 0 aromatic heterocycles. The predicted octanol–water partition coefficient (Wildman–Crippen LogP) is 5.51. The molecule has 0 atom stereocenters. The van der Waals surface area contributed by atoms with Gasteiger partial charge in [-0.1, -0.05) is 30.3 Å². The molecule has 0 radical (unpaired) electrons. The SMILES string of the molecule is CC(=O)c1c(C(F)(F)F)cc(OCc2ccccc2)cc1C(F)(F)F. The van der Waals surface area contributed by atoms with E-state index in [2.05, 4.69) is 0 Å². The molecule has 134 valence electrons. The fourth-order valence-corrected chi connectivity index (χ4v) is 2.27. The summed E-state index contributed by atoms with van der Waals surface area (Å²) in [5.41, 5.74) is -4.18. The van der Waals surface area contributed by atoms with Crippen molar-refractivity contribution in [2.24, 2.45) is 0 Å². The van der Waals surface area contributed by atoms with E-state index in [0.29, 0.717) is 24.6 Å². The molecule has 2 aromatic carbocycles. The first kappa shape index (κ1) is 18.8. The van der Waals surface area contributed by atoms with Crippen LogP contribution in [0, 0.1) is 0 Å². The Kier molecular flexibility index (Phi) is 5.10. The van der Waals surface area contributed by atoms with Gasteiger partial charge in [0.15, 0.2) is 5.78 Å². The van der Waals surface area contributed by atoms with Crippen LogP contribution in [0.15, 0.2) is 42.5 Å². The number of hydrogen-bond donors (Lipinski definition) is 0. The van der Waals surface area contributed by atoms with Crippen molar-refractivity contribution in [3.05, 3.63) is 64.7 Å². The van der Waals surface area contributed by atoms with Crippen molar-refractivity contribution in [3.63, 3.8) is 0 Å². The van der Waals surface area contributed by atoms with Crippen LogP contribution in [0.25, 0.3) is 0 Å². The molecule has 0 N–H and O–H groups in total. The van der Waals surface area contributed by atoms with E-state index in [4.69, 9.17) is 4.74 Å². The highest BCUT2D eigenvalue weighted by atomic mass is 19.4. The second-order valence-electron chi connectivity index (χ2n) is 5.22. The second kappa shape index (κ2) is 6.78. The fourth-order valence-electron chi connectivity index (χ4n) is 2.27. The van der Waals surface area contributed by atoms with E-state index in [0.717, 1.165) is 0 Å². The fraction of sp³-hybridized carbons (Fsp3) is 0.235. The summed E-state index contributed by atoms with van der Waals surface area (Å²) in [4.78, 5) is 11.4. The van der Waals surface area contributed by atoms with Gasteiger partial charge < -0.3 is 4.74 Å². The Bertz CT molecular complexity index is 728. The van der Waals surface area contributed by atoms with E-state index < -0.39 is 40.6 Å². The molecule has 0 saturated carbocycles. The van der Waals surface area contributed by atoms with E-state index in [1.165, 1.54) is 0 Å². The van der Waals surface area contributed by atoms with Gasteiger partial charge in [0, 0.05) is 5.56 Å². The van der Waals surface area contributed by atoms with Gasteiger partial charge in [-0.15, -0.1) is 0 Å². The first-order chi connectivity index (χ1) is 11.5. The molecule has 2 aromatic rings. The lowest BCUT2D eigenvalue weighted by Gasteiger charge is -2.19. The molecule has 0 aliphatic rings. The highest BCUT2D eigenvalue weighted by Crippen LogP contribution is 2.42. The molecule has 25 heavy (non-hydrogen) atoms. The normalized spacial score (nSPS) is 12.1. The number of alkyl halides is 6. The number of benzene rings is 2. The van der Waals surface area contributed by atoms with Crippen molar-refractivity contribution >= 4 is 5.78 Å². The molecule has 2 nitrogen and oxygen atoms in total. The smallest absolute Gasteiger partial charge is 0.417 e. The lowest BCUT2D eigenvalue weighted by atomic mass is 9.96. The van der Waals surface area contributed by atoms with Crippen LogP contribution in [0.5, 0.6) is 5.75 Å². The number of ketones is 1. The number of hydrogen-bond acceptors (Lipinski definition) is 2. The molecule has 0 saturated heterocycles. The molecular formula is C17H12F6O2. The number of ether oxygens (including phenoxy) is 1. The van der Waals surface area contributed by atoms with Gasteiger partial charge in [-0.25, -0.2) is 0 Å². The minimum absolute atomic E-state index is 0.213. The van der Waals surface area contributed by atoms with Crippen molar-refractivity contribution in [2.75, 3.05) is 0 Å². The molecule has 8 heteroatoms. The van der Waals surface area contributed by atoms with Crippen LogP contribution in [0.3, 0.4) is 0 Å². The number of halogens is 6. The summed E-state index contributed by atoms with van der Waals surface area (Å²) in [6.45, 7) is 0.444. The van der Waals surface area contributed by atoms with Gasteiger partial charge in [-0.2, -0.15) is 26.3 Å². The Morgan fingerprint density at radius 1 is 0.920 bits per heavy atom. The van der Waals surface area contributed by atoms with Crippen molar-refractivity contribution in [2.45, 2.75) is 25.9 Å². The van der Waals surface area contributed by atoms with E-state index in [-0.39, 0.29) is 6.61 Å². The van der Waals surface area contributed by atoms with Crippen molar-refractivity contribution in [1.29, 1.82) is 0 Å². The van der Waals surface area contributed by atoms with Crippen LogP contribution >= 0.6 is 0 Å². The zero-order chi connectivity index (χ0) is 18.8. The quantitative estimate of drug-likeness (QED) is 0.530. The monoisotopic (exact) mass is 362 g/mol. The zero-order valence-corrected chi connectivity index (χ0v) is 12.8. The summed E-state index contributed by atoms with van der Waals surface area (Å²) in [5.74, 6) is -1.94. The Morgan fingerprint density at radius 3 is 1.80 bits per heavy atom. The van der Waals surface area contributed by atoms with Crippen LogP contribution in [-0.2, 0) is 19.0 Å². The van der Waals surface area contributed by atoms with E-state index in [1.807, 2.05) is 0 Å². The average molecular weight is 362 g/mol. The largest absolute Gasteiger partial charge is 0.489 e. The number of carbonyl (C=O) groups is 1. The Labute approximate surface area is 139 Å². The molecule has 0 aliphatic carbocycles. The second-order valence-corrected chi connectivity index (χ2v) is 5.22. The molecule has 2 rings (SSSR count). The molecule has 0 spiro atoms. The van der Waals surface area contributed by atoms with Crippen molar-refractivity contribution in [1.82, 2.24) is 0 Å². The molecule has 0 fully saturated rings. The van der Waals surface area contributed by atoms with Gasteiger partial charge in [0.1, 0.15) is 12.4 Å². The van der Waals surface area contributed by atoms with Gasteiger partial charge in [-0.05, 0) is 24.6 Å². The summed E-state index contributed by atoms with van der Waals surface area (Å²) in [6, 6.07) is 9.05. The molecule has 0 bridgehead atoms. The van der Waals surface area contributed by atoms with E-state index in [1.54, 1.807) is 30.3 Å². The third-order valence-corrected chi connectivity index (χ3v) is 3.32. The highest BCUT2D eigenvalue weighted by Gasteiger charge is 2.43. The van der Waals surface area contributed by atoms with Gasteiger partial charge in [0.2, 0.25) is 0 Å². The summed E-state index contributed by atoms with van der Waals surface area (Å²) in [7, 11) is 0. The number of carbonyl (C=O) groups excluding carboxylic acids is 1. The predicted molar refractivity (Wildman–Crippen MR) is 77.2 cm³/mol. The minimum atomic E-state index is -5.13. The maximum Gasteiger partial charge on any atom is 0.417 e. The first-order valence-corrected chi connectivity index (χ1v) is 7.00. The van der Waals surface area contributed by atoms with Crippen LogP contribution in [0.4, 0.5) is 26.3 Å². The molecule has 0 heterocycles. The Hall–Kier alpha value is -2.51. The summed E-state index contributed by atoms with van der Waals surface area (Å²) in [6.07, 6.45) is -10.3. The summed E-state index contributed by atoms with van der Waals surface area (Å²) < 4.78 is 84.0. The average Bonchev–Trinajstić information content (AvgIpc) is 2.51. The number of Topliss-reactive ketones (excluding diaryl/α,β-unsaturated/α-hetero) is 1. The third-order valence-electron chi connectivity index (χ3n) is 3.32. The molecule has 0 unspecified atom stereocenters. The van der Waals surface area contributed by atoms with Gasteiger partial charge >= 0.3 is 12.4 Å². The van der Waals surface area contributed by atoms with E-state index >= 15 is 0 Å². The standard InChI is InChI=1S/C17H12F6O2/c1-10(24)15-13(16(18,19)20)7-12(8-14(15)17(21,22)23)25-9-11-5-3-2-4-6-11/h2-8H,9H2,1H3. The maximum absolute atomic E-state index is 13.1. The summed E-state index contributed by atoms with van der Waals surface area (Å²) in [5, 5.41) is 0. The highest BCUT2D eigenvalue weighted by molar-refractivity contribution is 5.97. The lowest BCUT2D eigenvalue weighted by molar-refractivity contribution is -0.143. The van der Waals surface area contributed by atoms with Gasteiger partial charge in [0.05, 0.1) is 11.1 Å². The zero-order valence-electron chi connectivity index (χ0n) is 12.8. The van der Waals surface area contributed by atoms with Crippen LogP contribution in [0.1, 0.15) is 34.0 Å². The Balaban J connectivity index is 2.53. The number of rotatable bonds is 4. The van der Waals surface area contributed by atoms with Gasteiger partial charge in [-0.3, -0.25) is 4.79 Å². The minimum Gasteiger partial charge on any atom is -0.489 e. The Morgan fingerprint density at radius 2 is 1.40 bits per heavy atom. The first-order valence-electron chi connectivity index (χ1n) is 7.00. The molecule has 0 aliphatic heterocycles.